The third-order valence-corrected chi connectivity index (χ3v) is 4.89. The molecule has 150 valence electrons. The van der Waals surface area contributed by atoms with Crippen LogP contribution in [0.1, 0.15) is 19.3 Å². The van der Waals surface area contributed by atoms with Crippen molar-refractivity contribution < 1.29 is 14.3 Å². The molecule has 7 nitrogen and oxygen atoms in total. The minimum absolute atomic E-state index is 0.103. The van der Waals surface area contributed by atoms with Crippen LogP contribution in [-0.4, -0.2) is 34.8 Å². The van der Waals surface area contributed by atoms with Gasteiger partial charge in [0.2, 0.25) is 5.91 Å². The van der Waals surface area contributed by atoms with Crippen LogP contribution in [0.3, 0.4) is 0 Å². The largest absolute Gasteiger partial charge is 0.491 e. The Bertz CT molecular complexity index is 1040. The molecule has 1 N–H and O–H groups in total. The highest BCUT2D eigenvalue weighted by Crippen LogP contribution is 2.18. The predicted molar refractivity (Wildman–Crippen MR) is 110 cm³/mol. The van der Waals surface area contributed by atoms with Gasteiger partial charge in [-0.15, -0.1) is 0 Å². The molecule has 7 heteroatoms. The van der Waals surface area contributed by atoms with E-state index in [0.29, 0.717) is 23.2 Å². The molecule has 1 aliphatic heterocycles. The van der Waals surface area contributed by atoms with Crippen LogP contribution < -0.4 is 15.6 Å². The molecule has 1 saturated heterocycles. The molecule has 2 heterocycles. The molecule has 0 aliphatic carbocycles. The molecule has 1 atom stereocenters. The molecule has 1 unspecified atom stereocenters. The van der Waals surface area contributed by atoms with E-state index < -0.39 is 0 Å². The van der Waals surface area contributed by atoms with Gasteiger partial charge in [0.25, 0.3) is 5.56 Å². The number of benzene rings is 2. The van der Waals surface area contributed by atoms with E-state index in [0.717, 1.165) is 25.2 Å². The van der Waals surface area contributed by atoms with Crippen molar-refractivity contribution in [1.29, 1.82) is 0 Å². The van der Waals surface area contributed by atoms with Crippen LogP contribution in [0.5, 0.6) is 5.75 Å². The molecule has 0 radical (unpaired) electrons. The van der Waals surface area contributed by atoms with Crippen molar-refractivity contribution in [2.45, 2.75) is 31.9 Å². The van der Waals surface area contributed by atoms with Crippen molar-refractivity contribution in [3.63, 3.8) is 0 Å². The molecule has 1 amide bonds. The van der Waals surface area contributed by atoms with Crippen molar-refractivity contribution in [1.82, 2.24) is 9.55 Å². The fraction of sp³-hybridized carbons (Fsp3) is 0.318. The third-order valence-electron chi connectivity index (χ3n) is 4.89. The minimum Gasteiger partial charge on any atom is -0.491 e. The van der Waals surface area contributed by atoms with Crippen LogP contribution >= 0.6 is 0 Å². The summed E-state index contributed by atoms with van der Waals surface area (Å²) in [4.78, 5) is 29.0. The summed E-state index contributed by atoms with van der Waals surface area (Å²) in [5.41, 5.74) is 1.01. The Morgan fingerprint density at radius 2 is 2.00 bits per heavy atom. The van der Waals surface area contributed by atoms with Crippen molar-refractivity contribution in [3.05, 3.63) is 65.2 Å². The number of carbonyl (C=O) groups excluding carboxylic acids is 1. The predicted octanol–water partition coefficient (Wildman–Crippen LogP) is 2.98. The molecule has 0 saturated carbocycles. The van der Waals surface area contributed by atoms with Gasteiger partial charge in [0.1, 0.15) is 18.9 Å². The number of nitrogens with one attached hydrogen (secondary N) is 1. The average molecular weight is 393 g/mol. The second-order valence-electron chi connectivity index (χ2n) is 7.07. The first-order chi connectivity index (χ1) is 14.2. The maximum absolute atomic E-state index is 12.5. The number of aromatic nitrogens is 2. The molecule has 29 heavy (non-hydrogen) atoms. The number of para-hydroxylation sites is 1. The smallest absolute Gasteiger partial charge is 0.261 e. The lowest BCUT2D eigenvalue weighted by Gasteiger charge is -2.22. The van der Waals surface area contributed by atoms with E-state index in [1.54, 1.807) is 30.3 Å². The number of rotatable bonds is 6. The van der Waals surface area contributed by atoms with Gasteiger partial charge in [-0.25, -0.2) is 4.98 Å². The number of hydrogen-bond acceptors (Lipinski definition) is 5. The monoisotopic (exact) mass is 393 g/mol. The Morgan fingerprint density at radius 1 is 1.17 bits per heavy atom. The SMILES string of the molecule is O=C(Cn1cnc2ccccc2c1=O)Nc1ccc(OCC2CCCCO2)cc1. The van der Waals surface area contributed by atoms with Crippen molar-refractivity contribution in [2.24, 2.45) is 0 Å². The van der Waals surface area contributed by atoms with Crippen LogP contribution in [0.2, 0.25) is 0 Å². The first-order valence-electron chi connectivity index (χ1n) is 9.77. The van der Waals surface area contributed by atoms with E-state index in [-0.39, 0.29) is 24.1 Å². The number of ether oxygens (including phenoxy) is 2. The van der Waals surface area contributed by atoms with E-state index in [1.807, 2.05) is 18.2 Å². The lowest BCUT2D eigenvalue weighted by Crippen LogP contribution is -2.27. The molecule has 2 aromatic carbocycles. The van der Waals surface area contributed by atoms with Crippen LogP contribution in [0.15, 0.2) is 59.7 Å². The normalized spacial score (nSPS) is 16.5. The summed E-state index contributed by atoms with van der Waals surface area (Å²) in [6.07, 6.45) is 4.87. The van der Waals surface area contributed by atoms with Crippen LogP contribution in [0.4, 0.5) is 5.69 Å². The Balaban J connectivity index is 1.34. The fourth-order valence-corrected chi connectivity index (χ4v) is 3.34. The van der Waals surface area contributed by atoms with Gasteiger partial charge in [0.05, 0.1) is 23.3 Å². The standard InChI is InChI=1S/C22H23N3O4/c26-21(13-25-15-23-20-7-2-1-6-19(20)22(25)27)24-16-8-10-17(11-9-16)29-14-18-5-3-4-12-28-18/h1-2,6-11,15,18H,3-5,12-14H2,(H,24,26). The van der Waals surface area contributed by atoms with Gasteiger partial charge >= 0.3 is 0 Å². The van der Waals surface area contributed by atoms with Crippen LogP contribution in [0.25, 0.3) is 10.9 Å². The van der Waals surface area contributed by atoms with Crippen molar-refractivity contribution >= 4 is 22.5 Å². The highest BCUT2D eigenvalue weighted by atomic mass is 16.5. The summed E-state index contributed by atoms with van der Waals surface area (Å²) in [7, 11) is 0. The second kappa shape index (κ2) is 8.87. The first-order valence-corrected chi connectivity index (χ1v) is 9.77. The first kappa shape index (κ1) is 19.1. The van der Waals surface area contributed by atoms with E-state index in [2.05, 4.69) is 10.3 Å². The Morgan fingerprint density at radius 3 is 2.79 bits per heavy atom. The molecule has 0 spiro atoms. The third kappa shape index (κ3) is 4.81. The summed E-state index contributed by atoms with van der Waals surface area (Å²) in [5, 5.41) is 3.28. The van der Waals surface area contributed by atoms with Crippen LogP contribution in [-0.2, 0) is 16.1 Å². The maximum Gasteiger partial charge on any atom is 0.261 e. The number of hydrogen-bond donors (Lipinski definition) is 1. The number of carbonyl (C=O) groups is 1. The summed E-state index contributed by atoms with van der Waals surface area (Å²) in [5.74, 6) is 0.431. The van der Waals surface area contributed by atoms with Gasteiger partial charge in [0.15, 0.2) is 0 Å². The van der Waals surface area contributed by atoms with Crippen LogP contribution in [0, 0.1) is 0 Å². The topological polar surface area (TPSA) is 82.5 Å². The zero-order valence-electron chi connectivity index (χ0n) is 16.0. The summed E-state index contributed by atoms with van der Waals surface area (Å²) < 4.78 is 12.7. The van der Waals surface area contributed by atoms with Crippen molar-refractivity contribution in [3.8, 4) is 5.75 Å². The molecular formula is C22H23N3O4. The van der Waals surface area contributed by atoms with Gasteiger partial charge in [-0.05, 0) is 55.7 Å². The Labute approximate surface area is 168 Å². The number of nitrogens with zero attached hydrogens (tertiary/aromatic N) is 2. The van der Waals surface area contributed by atoms with Gasteiger partial charge in [-0.1, -0.05) is 12.1 Å². The number of amides is 1. The highest BCUT2D eigenvalue weighted by molar-refractivity contribution is 5.90. The molecule has 0 bridgehead atoms. The van der Waals surface area contributed by atoms with Gasteiger partial charge in [-0.2, -0.15) is 0 Å². The number of anilines is 1. The van der Waals surface area contributed by atoms with Gasteiger partial charge < -0.3 is 14.8 Å². The van der Waals surface area contributed by atoms with E-state index in [4.69, 9.17) is 9.47 Å². The van der Waals surface area contributed by atoms with Gasteiger partial charge in [-0.3, -0.25) is 14.2 Å². The Hall–Kier alpha value is -3.19. The lowest BCUT2D eigenvalue weighted by molar-refractivity contribution is -0.116. The molecule has 4 rings (SSSR count). The van der Waals surface area contributed by atoms with Gasteiger partial charge in [0, 0.05) is 12.3 Å². The molecule has 1 fully saturated rings. The fourth-order valence-electron chi connectivity index (χ4n) is 3.34. The van der Waals surface area contributed by atoms with E-state index >= 15 is 0 Å². The second-order valence-corrected chi connectivity index (χ2v) is 7.07. The average Bonchev–Trinajstić information content (AvgIpc) is 2.76. The zero-order chi connectivity index (χ0) is 20.1. The molecule has 1 aliphatic rings. The van der Waals surface area contributed by atoms with Crippen molar-refractivity contribution in [2.75, 3.05) is 18.5 Å². The maximum atomic E-state index is 12.5. The molecule has 1 aromatic heterocycles. The quantitative estimate of drug-likeness (QED) is 0.696. The minimum atomic E-state index is -0.298. The zero-order valence-corrected chi connectivity index (χ0v) is 16.0. The summed E-state index contributed by atoms with van der Waals surface area (Å²) in [6, 6.07) is 14.2. The Kier molecular flexibility index (Phi) is 5.86. The van der Waals surface area contributed by atoms with E-state index in [1.165, 1.54) is 17.3 Å². The lowest BCUT2D eigenvalue weighted by atomic mass is 10.1. The molecule has 3 aromatic rings. The molecular weight excluding hydrogens is 370 g/mol. The summed E-state index contributed by atoms with van der Waals surface area (Å²) in [6.45, 7) is 1.23. The highest BCUT2D eigenvalue weighted by Gasteiger charge is 2.14. The summed E-state index contributed by atoms with van der Waals surface area (Å²) >= 11 is 0. The number of fused-ring (bicyclic) bond motifs is 1. The van der Waals surface area contributed by atoms with E-state index in [9.17, 15) is 9.59 Å².